The number of hydrogen-bond acceptors (Lipinski definition) is 6. The summed E-state index contributed by atoms with van der Waals surface area (Å²) in [6, 6.07) is 14.7. The van der Waals surface area contributed by atoms with Crippen LogP contribution < -0.4 is 5.43 Å². The number of fused-ring (bicyclic) bond motifs is 1. The number of carbonyl (C=O) groups excluding carboxylic acids is 2. The van der Waals surface area contributed by atoms with E-state index in [0.717, 1.165) is 11.4 Å². The largest absolute Gasteiger partial charge is 0.287 e. The van der Waals surface area contributed by atoms with E-state index < -0.39 is 16.2 Å². The monoisotopic (exact) mass is 417 g/mol. The Kier molecular flexibility index (Phi) is 4.94. The molecule has 0 saturated heterocycles. The van der Waals surface area contributed by atoms with Crippen molar-refractivity contribution in [2.45, 2.75) is 20.3 Å². The molecular weight excluding hydrogens is 398 g/mol. The predicted octanol–water partition coefficient (Wildman–Crippen LogP) is 3.33. The summed E-state index contributed by atoms with van der Waals surface area (Å²) in [4.78, 5) is 35.8. The number of hydrazone groups is 1. The SMILES string of the molecule is CC1(C)Cc2c(cnn2-c2ccccc2)C(=O)/C1=N\NC(=O)c1ccc([N+](=O)[O-])cc1. The lowest BCUT2D eigenvalue weighted by Crippen LogP contribution is -2.40. The Morgan fingerprint density at radius 3 is 2.48 bits per heavy atom. The highest BCUT2D eigenvalue weighted by atomic mass is 16.6. The molecule has 0 atom stereocenters. The van der Waals surface area contributed by atoms with Gasteiger partial charge in [-0.1, -0.05) is 32.0 Å². The maximum Gasteiger partial charge on any atom is 0.271 e. The molecule has 1 aliphatic carbocycles. The van der Waals surface area contributed by atoms with E-state index in [9.17, 15) is 19.7 Å². The lowest BCUT2D eigenvalue weighted by Gasteiger charge is -2.30. The van der Waals surface area contributed by atoms with Crippen molar-refractivity contribution in [1.29, 1.82) is 0 Å². The van der Waals surface area contributed by atoms with E-state index in [1.807, 2.05) is 44.2 Å². The van der Waals surface area contributed by atoms with E-state index in [4.69, 9.17) is 0 Å². The van der Waals surface area contributed by atoms with Gasteiger partial charge in [-0.3, -0.25) is 19.7 Å². The van der Waals surface area contributed by atoms with Crippen LogP contribution >= 0.6 is 0 Å². The zero-order valence-electron chi connectivity index (χ0n) is 16.9. The number of nitrogens with one attached hydrogen (secondary N) is 1. The molecule has 2 aromatic carbocycles. The number of rotatable bonds is 4. The molecule has 1 aromatic heterocycles. The molecular formula is C22H19N5O4. The molecule has 9 heteroatoms. The Bertz CT molecular complexity index is 1210. The molecule has 0 bridgehead atoms. The van der Waals surface area contributed by atoms with Crippen LogP contribution in [0.25, 0.3) is 5.69 Å². The van der Waals surface area contributed by atoms with E-state index in [-0.39, 0.29) is 22.7 Å². The summed E-state index contributed by atoms with van der Waals surface area (Å²) >= 11 is 0. The summed E-state index contributed by atoms with van der Waals surface area (Å²) in [6.45, 7) is 3.76. The second-order valence-corrected chi connectivity index (χ2v) is 7.85. The van der Waals surface area contributed by atoms with Crippen molar-refractivity contribution < 1.29 is 14.5 Å². The van der Waals surface area contributed by atoms with Gasteiger partial charge in [0.25, 0.3) is 11.6 Å². The highest BCUT2D eigenvalue weighted by Crippen LogP contribution is 2.34. The zero-order chi connectivity index (χ0) is 22.2. The van der Waals surface area contributed by atoms with Crippen LogP contribution in [0.4, 0.5) is 5.69 Å². The fourth-order valence-corrected chi connectivity index (χ4v) is 3.57. The summed E-state index contributed by atoms with van der Waals surface area (Å²) in [5, 5.41) is 19.3. The Morgan fingerprint density at radius 2 is 1.84 bits per heavy atom. The molecule has 1 aliphatic rings. The summed E-state index contributed by atoms with van der Waals surface area (Å²) in [7, 11) is 0. The number of para-hydroxylation sites is 1. The molecule has 1 amide bonds. The van der Waals surface area contributed by atoms with Crippen molar-refractivity contribution in [3.05, 3.63) is 87.7 Å². The Hall–Kier alpha value is -4.14. The molecule has 1 heterocycles. The van der Waals surface area contributed by atoms with Gasteiger partial charge in [0.2, 0.25) is 5.78 Å². The number of Topliss-reactive ketones (excluding diaryl/α,β-unsaturated/α-hetero) is 1. The molecule has 0 radical (unpaired) electrons. The Morgan fingerprint density at radius 1 is 1.16 bits per heavy atom. The van der Waals surface area contributed by atoms with Gasteiger partial charge >= 0.3 is 0 Å². The van der Waals surface area contributed by atoms with E-state index in [2.05, 4.69) is 15.6 Å². The summed E-state index contributed by atoms with van der Waals surface area (Å²) in [5.41, 5.74) is 4.18. The highest BCUT2D eigenvalue weighted by molar-refractivity contribution is 6.48. The van der Waals surface area contributed by atoms with E-state index in [0.29, 0.717) is 12.0 Å². The van der Waals surface area contributed by atoms with Crippen LogP contribution in [-0.4, -0.2) is 32.1 Å². The minimum atomic E-state index is -0.639. The number of benzene rings is 2. The molecule has 4 rings (SSSR count). The summed E-state index contributed by atoms with van der Waals surface area (Å²) in [6.07, 6.45) is 2.03. The average Bonchev–Trinajstić information content (AvgIpc) is 3.17. The van der Waals surface area contributed by atoms with Gasteiger partial charge in [0.15, 0.2) is 0 Å². The average molecular weight is 417 g/mol. The molecule has 3 aromatic rings. The molecule has 9 nitrogen and oxygen atoms in total. The number of nitro groups is 1. The van der Waals surface area contributed by atoms with Crippen molar-refractivity contribution in [2.75, 3.05) is 0 Å². The minimum Gasteiger partial charge on any atom is -0.287 e. The smallest absolute Gasteiger partial charge is 0.271 e. The van der Waals surface area contributed by atoms with Crippen molar-refractivity contribution >= 4 is 23.1 Å². The topological polar surface area (TPSA) is 119 Å². The first kappa shape index (κ1) is 20.1. The molecule has 0 aliphatic heterocycles. The van der Waals surface area contributed by atoms with Crippen LogP contribution in [0, 0.1) is 15.5 Å². The number of hydrogen-bond donors (Lipinski definition) is 1. The molecule has 31 heavy (non-hydrogen) atoms. The highest BCUT2D eigenvalue weighted by Gasteiger charge is 2.40. The van der Waals surface area contributed by atoms with Gasteiger partial charge in [-0.2, -0.15) is 10.2 Å². The number of nitrogens with zero attached hydrogens (tertiary/aromatic N) is 4. The first-order chi connectivity index (χ1) is 14.8. The normalized spacial score (nSPS) is 16.1. The van der Waals surface area contributed by atoms with Gasteiger partial charge in [-0.15, -0.1) is 0 Å². The molecule has 0 unspecified atom stereocenters. The van der Waals surface area contributed by atoms with Gasteiger partial charge < -0.3 is 0 Å². The van der Waals surface area contributed by atoms with Crippen LogP contribution in [-0.2, 0) is 6.42 Å². The van der Waals surface area contributed by atoms with Crippen LogP contribution in [0.3, 0.4) is 0 Å². The maximum atomic E-state index is 13.1. The maximum absolute atomic E-state index is 13.1. The zero-order valence-corrected chi connectivity index (χ0v) is 16.9. The van der Waals surface area contributed by atoms with E-state index >= 15 is 0 Å². The van der Waals surface area contributed by atoms with Crippen molar-refractivity contribution in [2.24, 2.45) is 10.5 Å². The van der Waals surface area contributed by atoms with Crippen LogP contribution in [0.1, 0.15) is 40.3 Å². The third kappa shape index (κ3) is 3.73. The van der Waals surface area contributed by atoms with Crippen molar-refractivity contribution in [3.8, 4) is 5.69 Å². The first-order valence-corrected chi connectivity index (χ1v) is 9.58. The number of non-ortho nitro benzene ring substituents is 1. The quantitative estimate of drug-likeness (QED) is 0.516. The fourth-order valence-electron chi connectivity index (χ4n) is 3.57. The minimum absolute atomic E-state index is 0.116. The van der Waals surface area contributed by atoms with Crippen LogP contribution in [0.15, 0.2) is 65.9 Å². The predicted molar refractivity (Wildman–Crippen MR) is 113 cm³/mol. The number of ketones is 1. The van der Waals surface area contributed by atoms with Gasteiger partial charge in [0.05, 0.1) is 28.1 Å². The summed E-state index contributed by atoms with van der Waals surface area (Å²) < 4.78 is 1.75. The lowest BCUT2D eigenvalue weighted by molar-refractivity contribution is -0.384. The number of carbonyl (C=O) groups is 2. The van der Waals surface area contributed by atoms with Gasteiger partial charge in [-0.05, 0) is 24.3 Å². The summed E-state index contributed by atoms with van der Waals surface area (Å²) in [5.74, 6) is -0.853. The molecule has 1 N–H and O–H groups in total. The van der Waals surface area contributed by atoms with Gasteiger partial charge in [0, 0.05) is 29.5 Å². The Balaban J connectivity index is 1.60. The van der Waals surface area contributed by atoms with Crippen molar-refractivity contribution in [1.82, 2.24) is 15.2 Å². The van der Waals surface area contributed by atoms with Gasteiger partial charge in [-0.25, -0.2) is 10.1 Å². The second kappa shape index (κ2) is 7.60. The number of aromatic nitrogens is 2. The van der Waals surface area contributed by atoms with Crippen LogP contribution in [0.2, 0.25) is 0 Å². The number of nitro benzene ring substituents is 1. The van der Waals surface area contributed by atoms with Crippen LogP contribution in [0.5, 0.6) is 0 Å². The standard InChI is InChI=1S/C22H19N5O4/c1-22(2)12-18-17(13-23-26(18)15-6-4-3-5-7-15)19(28)20(22)24-25-21(29)14-8-10-16(11-9-14)27(30)31/h3-11,13H,12H2,1-2H3,(H,25,29)/b24-20+. The first-order valence-electron chi connectivity index (χ1n) is 9.58. The van der Waals surface area contributed by atoms with E-state index in [1.165, 1.54) is 30.5 Å². The fraction of sp³-hybridized carbons (Fsp3) is 0.182. The number of amides is 1. The second-order valence-electron chi connectivity index (χ2n) is 7.85. The third-order valence-electron chi connectivity index (χ3n) is 5.19. The molecule has 0 saturated carbocycles. The molecule has 156 valence electrons. The molecule has 0 fully saturated rings. The van der Waals surface area contributed by atoms with Gasteiger partial charge in [0.1, 0.15) is 5.71 Å². The third-order valence-corrected chi connectivity index (χ3v) is 5.19. The lowest BCUT2D eigenvalue weighted by atomic mass is 9.74. The van der Waals surface area contributed by atoms with Crippen molar-refractivity contribution in [3.63, 3.8) is 0 Å². The molecule has 0 spiro atoms. The Labute approximate surface area is 177 Å². The van der Waals surface area contributed by atoms with E-state index in [1.54, 1.807) is 4.68 Å².